The van der Waals surface area contributed by atoms with E-state index in [1.807, 2.05) is 30.5 Å². The van der Waals surface area contributed by atoms with Crippen molar-refractivity contribution in [1.29, 1.82) is 0 Å². The number of rotatable bonds is 6. The van der Waals surface area contributed by atoms with Crippen molar-refractivity contribution in [3.05, 3.63) is 71.9 Å². The molecule has 2 N–H and O–H groups in total. The Morgan fingerprint density at radius 1 is 1.03 bits per heavy atom. The molecule has 1 saturated carbocycles. The number of carbonyl (C=O) groups is 2. The Kier molecular flexibility index (Phi) is 7.16. The minimum Gasteiger partial charge on any atom is -0.464 e. The van der Waals surface area contributed by atoms with E-state index in [-0.39, 0.29) is 29.6 Å². The zero-order valence-corrected chi connectivity index (χ0v) is 22.2. The Hall–Kier alpha value is -3.42. The van der Waals surface area contributed by atoms with Gasteiger partial charge < -0.3 is 14.3 Å². The SMILES string of the molecule is CCC(C)NC1CCC(n2cc(C3=C(c4cccc5ccoc45)C(=O)NC3=O)c3c(F)cccc32)CC1.Cl. The van der Waals surface area contributed by atoms with Crippen LogP contribution < -0.4 is 10.6 Å². The number of hydrogen-bond donors (Lipinski definition) is 2. The van der Waals surface area contributed by atoms with Crippen molar-refractivity contribution < 1.29 is 18.4 Å². The molecule has 0 radical (unpaired) electrons. The van der Waals surface area contributed by atoms with Gasteiger partial charge in [-0.15, -0.1) is 12.4 Å². The maximum absolute atomic E-state index is 15.4. The fourth-order valence-electron chi connectivity index (χ4n) is 5.96. The van der Waals surface area contributed by atoms with Gasteiger partial charge in [-0.1, -0.05) is 31.2 Å². The highest BCUT2D eigenvalue weighted by Crippen LogP contribution is 2.41. The van der Waals surface area contributed by atoms with E-state index in [4.69, 9.17) is 4.42 Å². The average Bonchev–Trinajstić information content (AvgIpc) is 3.60. The fourth-order valence-corrected chi connectivity index (χ4v) is 5.96. The van der Waals surface area contributed by atoms with Crippen molar-refractivity contribution >= 4 is 57.2 Å². The first-order chi connectivity index (χ1) is 18.0. The first-order valence-corrected chi connectivity index (χ1v) is 13.1. The zero-order valence-electron chi connectivity index (χ0n) is 21.4. The number of amides is 2. The van der Waals surface area contributed by atoms with Crippen LogP contribution in [-0.2, 0) is 9.59 Å². The molecule has 1 atom stereocenters. The molecule has 0 saturated heterocycles. The molecule has 1 fully saturated rings. The first-order valence-electron chi connectivity index (χ1n) is 13.1. The van der Waals surface area contributed by atoms with E-state index in [0.717, 1.165) is 43.0 Å². The van der Waals surface area contributed by atoms with Crippen molar-refractivity contribution in [3.8, 4) is 0 Å². The van der Waals surface area contributed by atoms with Crippen LogP contribution in [0.5, 0.6) is 0 Å². The van der Waals surface area contributed by atoms with Gasteiger partial charge in [0.05, 0.1) is 22.9 Å². The van der Waals surface area contributed by atoms with Gasteiger partial charge in [-0.25, -0.2) is 4.39 Å². The average molecular weight is 536 g/mol. The molecule has 0 spiro atoms. The summed E-state index contributed by atoms with van der Waals surface area (Å²) in [5.74, 6) is -1.43. The van der Waals surface area contributed by atoms with Crippen LogP contribution in [0.3, 0.4) is 0 Å². The van der Waals surface area contributed by atoms with Crippen LogP contribution in [0.2, 0.25) is 0 Å². The van der Waals surface area contributed by atoms with Crippen molar-refractivity contribution in [1.82, 2.24) is 15.2 Å². The molecule has 1 unspecified atom stereocenters. The summed E-state index contributed by atoms with van der Waals surface area (Å²) in [7, 11) is 0. The normalized spacial score (nSPS) is 20.7. The number of aromatic nitrogens is 1. The van der Waals surface area contributed by atoms with Crippen molar-refractivity contribution in [2.24, 2.45) is 0 Å². The maximum atomic E-state index is 15.4. The van der Waals surface area contributed by atoms with E-state index in [1.165, 1.54) is 6.07 Å². The summed E-state index contributed by atoms with van der Waals surface area (Å²) in [6.07, 6.45) is 8.50. The highest BCUT2D eigenvalue weighted by atomic mass is 35.5. The number of imide groups is 1. The quantitative estimate of drug-likeness (QED) is 0.281. The first kappa shape index (κ1) is 26.2. The van der Waals surface area contributed by atoms with Crippen LogP contribution in [-0.4, -0.2) is 28.5 Å². The van der Waals surface area contributed by atoms with E-state index >= 15 is 4.39 Å². The summed E-state index contributed by atoms with van der Waals surface area (Å²) in [6, 6.07) is 13.4. The van der Waals surface area contributed by atoms with E-state index in [0.29, 0.717) is 34.2 Å². The number of benzene rings is 2. The molecule has 2 aromatic carbocycles. The van der Waals surface area contributed by atoms with Gasteiger partial charge in [0.25, 0.3) is 11.8 Å². The second kappa shape index (κ2) is 10.4. The lowest BCUT2D eigenvalue weighted by Crippen LogP contribution is -2.39. The minimum absolute atomic E-state index is 0. The molecule has 2 aromatic heterocycles. The molecule has 2 amide bonds. The van der Waals surface area contributed by atoms with Gasteiger partial charge in [0.15, 0.2) is 0 Å². The second-order valence-electron chi connectivity index (χ2n) is 10.2. The fraction of sp³-hybridized carbons (Fsp3) is 0.333. The Morgan fingerprint density at radius 2 is 1.74 bits per heavy atom. The van der Waals surface area contributed by atoms with E-state index in [2.05, 4.69) is 29.0 Å². The van der Waals surface area contributed by atoms with Crippen molar-refractivity contribution in [2.75, 3.05) is 0 Å². The number of fused-ring (bicyclic) bond motifs is 2. The van der Waals surface area contributed by atoms with Gasteiger partial charge >= 0.3 is 0 Å². The molecule has 6 nitrogen and oxygen atoms in total. The molecule has 2 aliphatic rings. The predicted octanol–water partition coefficient (Wildman–Crippen LogP) is 6.39. The Labute approximate surface area is 226 Å². The number of furan rings is 1. The molecule has 8 heteroatoms. The number of hydrogen-bond acceptors (Lipinski definition) is 4. The summed E-state index contributed by atoms with van der Waals surface area (Å²) >= 11 is 0. The van der Waals surface area contributed by atoms with Gasteiger partial charge in [0.1, 0.15) is 11.4 Å². The maximum Gasteiger partial charge on any atom is 0.259 e. The lowest BCUT2D eigenvalue weighted by atomic mass is 9.90. The lowest BCUT2D eigenvalue weighted by Gasteiger charge is -2.32. The number of nitrogens with one attached hydrogen (secondary N) is 2. The number of para-hydroxylation sites is 1. The minimum atomic E-state index is -0.521. The second-order valence-corrected chi connectivity index (χ2v) is 10.2. The van der Waals surface area contributed by atoms with E-state index in [1.54, 1.807) is 18.4 Å². The zero-order chi connectivity index (χ0) is 25.7. The smallest absolute Gasteiger partial charge is 0.259 e. The van der Waals surface area contributed by atoms with Gasteiger partial charge in [-0.3, -0.25) is 14.9 Å². The van der Waals surface area contributed by atoms with Crippen LogP contribution in [0.4, 0.5) is 4.39 Å². The summed E-state index contributed by atoms with van der Waals surface area (Å²) < 4.78 is 23.2. The molecule has 38 heavy (non-hydrogen) atoms. The molecule has 6 rings (SSSR count). The van der Waals surface area contributed by atoms with Crippen molar-refractivity contribution in [2.45, 2.75) is 64.1 Å². The van der Waals surface area contributed by atoms with E-state index in [9.17, 15) is 9.59 Å². The molecule has 3 heterocycles. The summed E-state index contributed by atoms with van der Waals surface area (Å²) in [5, 5.41) is 7.34. The van der Waals surface area contributed by atoms with Gasteiger partial charge in [0.2, 0.25) is 0 Å². The summed E-state index contributed by atoms with van der Waals surface area (Å²) in [5.41, 5.74) is 2.63. The third kappa shape index (κ3) is 4.33. The molecular weight excluding hydrogens is 505 g/mol. The van der Waals surface area contributed by atoms with Crippen molar-refractivity contribution in [3.63, 3.8) is 0 Å². The molecular formula is C30H31ClFN3O3. The van der Waals surface area contributed by atoms with Gasteiger partial charge in [-0.05, 0) is 57.2 Å². The van der Waals surface area contributed by atoms with Crippen LogP contribution in [0.1, 0.15) is 63.1 Å². The molecule has 1 aliphatic carbocycles. The van der Waals surface area contributed by atoms with Crippen LogP contribution in [0, 0.1) is 5.82 Å². The monoisotopic (exact) mass is 535 g/mol. The Morgan fingerprint density at radius 3 is 2.47 bits per heavy atom. The number of halogens is 2. The molecule has 0 bridgehead atoms. The van der Waals surface area contributed by atoms with E-state index < -0.39 is 17.6 Å². The summed E-state index contributed by atoms with van der Waals surface area (Å²) in [6.45, 7) is 4.40. The standard InChI is InChI=1S/C30H30FN3O3.ClH/c1-3-17(2)32-19-10-12-20(13-11-19)34-16-22(25-23(31)8-5-9-24(25)34)27-26(29(35)33-30(27)36)21-7-4-6-18-14-15-37-28(18)21;/h4-9,14-17,19-20,32H,3,10-13H2,1-2H3,(H,33,35,36);1H. The van der Waals surface area contributed by atoms with Crippen LogP contribution >= 0.6 is 12.4 Å². The lowest BCUT2D eigenvalue weighted by molar-refractivity contribution is -0.122. The molecule has 1 aliphatic heterocycles. The topological polar surface area (TPSA) is 76.3 Å². The Balaban J connectivity index is 0.00000294. The molecule has 198 valence electrons. The number of nitrogens with zero attached hydrogens (tertiary/aromatic N) is 1. The highest BCUT2D eigenvalue weighted by Gasteiger charge is 2.36. The van der Waals surface area contributed by atoms with Crippen LogP contribution in [0.25, 0.3) is 33.0 Å². The summed E-state index contributed by atoms with van der Waals surface area (Å²) in [4.78, 5) is 26.3. The van der Waals surface area contributed by atoms with Gasteiger partial charge in [0, 0.05) is 46.2 Å². The number of carbonyl (C=O) groups excluding carboxylic acids is 2. The predicted molar refractivity (Wildman–Crippen MR) is 150 cm³/mol. The highest BCUT2D eigenvalue weighted by molar-refractivity contribution is 6.50. The molecule has 4 aromatic rings. The Bertz CT molecular complexity index is 1560. The largest absolute Gasteiger partial charge is 0.464 e. The third-order valence-corrected chi connectivity index (χ3v) is 7.98. The van der Waals surface area contributed by atoms with Crippen LogP contribution in [0.15, 0.2) is 59.3 Å². The third-order valence-electron chi connectivity index (χ3n) is 7.98. The van der Waals surface area contributed by atoms with Gasteiger partial charge in [-0.2, -0.15) is 0 Å².